The highest BCUT2D eigenvalue weighted by Crippen LogP contribution is 2.27. The highest BCUT2D eigenvalue weighted by molar-refractivity contribution is 7.89. The van der Waals surface area contributed by atoms with Gasteiger partial charge in [0.2, 0.25) is 21.8 Å². The minimum Gasteiger partial charge on any atom is -0.467 e. The summed E-state index contributed by atoms with van der Waals surface area (Å²) in [6, 6.07) is 9.71. The predicted octanol–water partition coefficient (Wildman–Crippen LogP) is 0.970. The Morgan fingerprint density at radius 2 is 1.87 bits per heavy atom. The second-order valence-electron chi connectivity index (χ2n) is 7.21. The van der Waals surface area contributed by atoms with Crippen molar-refractivity contribution in [3.63, 3.8) is 0 Å². The van der Waals surface area contributed by atoms with Gasteiger partial charge < -0.3 is 19.4 Å². The number of furan rings is 1. The van der Waals surface area contributed by atoms with E-state index >= 15 is 0 Å². The molecule has 1 atom stereocenters. The number of nitrogens with one attached hydrogen (secondary N) is 1. The van der Waals surface area contributed by atoms with Crippen molar-refractivity contribution in [1.29, 1.82) is 0 Å². The molecule has 0 saturated carbocycles. The first-order valence-electron chi connectivity index (χ1n) is 9.73. The summed E-state index contributed by atoms with van der Waals surface area (Å²) in [7, 11) is -3.59. The molecule has 0 radical (unpaired) electrons. The number of anilines is 1. The third kappa shape index (κ3) is 4.25. The summed E-state index contributed by atoms with van der Waals surface area (Å²) >= 11 is 0. The van der Waals surface area contributed by atoms with Crippen LogP contribution in [-0.2, 0) is 30.9 Å². The van der Waals surface area contributed by atoms with Gasteiger partial charge in [-0.05, 0) is 36.4 Å². The lowest BCUT2D eigenvalue weighted by molar-refractivity contribution is -0.126. The number of hydrogen-bond acceptors (Lipinski definition) is 6. The van der Waals surface area contributed by atoms with E-state index in [4.69, 9.17) is 9.15 Å². The second-order valence-corrected chi connectivity index (χ2v) is 9.15. The van der Waals surface area contributed by atoms with Gasteiger partial charge >= 0.3 is 0 Å². The van der Waals surface area contributed by atoms with Crippen LogP contribution in [0.2, 0.25) is 0 Å². The normalized spacial score (nSPS) is 20.5. The summed E-state index contributed by atoms with van der Waals surface area (Å²) in [6.45, 7) is 1.92. The van der Waals surface area contributed by atoms with Crippen LogP contribution < -0.4 is 10.2 Å². The Labute approximate surface area is 174 Å². The Balaban J connectivity index is 1.40. The van der Waals surface area contributed by atoms with E-state index in [-0.39, 0.29) is 36.2 Å². The number of carbonyl (C=O) groups is 2. The third-order valence-electron chi connectivity index (χ3n) is 5.27. The van der Waals surface area contributed by atoms with Crippen molar-refractivity contribution >= 4 is 27.5 Å². The number of sulfonamides is 1. The molecule has 0 aliphatic carbocycles. The van der Waals surface area contributed by atoms with Gasteiger partial charge in [-0.2, -0.15) is 4.31 Å². The Morgan fingerprint density at radius 1 is 1.13 bits per heavy atom. The molecule has 160 valence electrons. The predicted molar refractivity (Wildman–Crippen MR) is 107 cm³/mol. The van der Waals surface area contributed by atoms with Crippen LogP contribution in [0, 0.1) is 5.92 Å². The van der Waals surface area contributed by atoms with E-state index in [1.807, 2.05) is 0 Å². The molecule has 2 amide bonds. The molecule has 9 nitrogen and oxygen atoms in total. The van der Waals surface area contributed by atoms with Crippen LogP contribution in [0.15, 0.2) is 52.0 Å². The number of ether oxygens (including phenoxy) is 1. The summed E-state index contributed by atoms with van der Waals surface area (Å²) in [5.74, 6) is -0.212. The summed E-state index contributed by atoms with van der Waals surface area (Å²) in [6.07, 6.45) is 1.64. The number of morpholine rings is 1. The number of nitrogens with zero attached hydrogens (tertiary/aromatic N) is 2. The Kier molecular flexibility index (Phi) is 5.89. The molecule has 1 aromatic carbocycles. The highest BCUT2D eigenvalue weighted by Gasteiger charge is 2.35. The van der Waals surface area contributed by atoms with E-state index in [9.17, 15) is 18.0 Å². The van der Waals surface area contributed by atoms with E-state index in [0.29, 0.717) is 37.8 Å². The molecular weight excluding hydrogens is 410 g/mol. The molecule has 1 N–H and O–H groups in total. The maximum atomic E-state index is 12.7. The molecule has 2 aromatic rings. The van der Waals surface area contributed by atoms with Gasteiger partial charge in [0.25, 0.3) is 0 Å². The average molecular weight is 433 g/mol. The molecule has 2 fully saturated rings. The first-order valence-corrected chi connectivity index (χ1v) is 11.2. The molecule has 0 spiro atoms. The fourth-order valence-corrected chi connectivity index (χ4v) is 5.01. The van der Waals surface area contributed by atoms with Gasteiger partial charge in [-0.15, -0.1) is 0 Å². The maximum Gasteiger partial charge on any atom is 0.243 e. The lowest BCUT2D eigenvalue weighted by Crippen LogP contribution is -2.40. The van der Waals surface area contributed by atoms with Crippen LogP contribution in [0.5, 0.6) is 0 Å². The second kappa shape index (κ2) is 8.58. The van der Waals surface area contributed by atoms with Gasteiger partial charge in [0.15, 0.2) is 0 Å². The van der Waals surface area contributed by atoms with Crippen molar-refractivity contribution in [2.24, 2.45) is 5.92 Å². The van der Waals surface area contributed by atoms with Crippen molar-refractivity contribution < 1.29 is 27.2 Å². The van der Waals surface area contributed by atoms with Crippen molar-refractivity contribution in [3.8, 4) is 0 Å². The molecule has 0 bridgehead atoms. The molecule has 10 heteroatoms. The molecule has 2 aliphatic rings. The molecule has 4 rings (SSSR count). The van der Waals surface area contributed by atoms with Gasteiger partial charge in [0.05, 0.1) is 36.8 Å². The third-order valence-corrected chi connectivity index (χ3v) is 7.18. The van der Waals surface area contributed by atoms with E-state index in [2.05, 4.69) is 5.32 Å². The van der Waals surface area contributed by atoms with Crippen molar-refractivity contribution in [3.05, 3.63) is 48.4 Å². The van der Waals surface area contributed by atoms with Crippen molar-refractivity contribution in [2.75, 3.05) is 37.7 Å². The lowest BCUT2D eigenvalue weighted by Gasteiger charge is -2.26. The highest BCUT2D eigenvalue weighted by atomic mass is 32.2. The van der Waals surface area contributed by atoms with Crippen LogP contribution in [0.25, 0.3) is 0 Å². The monoisotopic (exact) mass is 433 g/mol. The van der Waals surface area contributed by atoms with E-state index in [0.717, 1.165) is 0 Å². The van der Waals surface area contributed by atoms with Crippen LogP contribution in [0.3, 0.4) is 0 Å². The minimum atomic E-state index is -3.59. The fourth-order valence-electron chi connectivity index (χ4n) is 3.60. The van der Waals surface area contributed by atoms with Crippen LogP contribution in [0.4, 0.5) is 5.69 Å². The number of carbonyl (C=O) groups excluding carboxylic acids is 2. The van der Waals surface area contributed by atoms with Gasteiger partial charge in [-0.1, -0.05) is 0 Å². The van der Waals surface area contributed by atoms with E-state index in [1.54, 1.807) is 24.3 Å². The molecule has 3 heterocycles. The quantitative estimate of drug-likeness (QED) is 0.727. The fraction of sp³-hybridized carbons (Fsp3) is 0.400. The maximum absolute atomic E-state index is 12.7. The molecular formula is C20H23N3O6S. The topological polar surface area (TPSA) is 109 Å². The number of rotatable bonds is 6. The van der Waals surface area contributed by atoms with Crippen molar-refractivity contribution in [2.45, 2.75) is 17.9 Å². The van der Waals surface area contributed by atoms with Gasteiger partial charge in [-0.3, -0.25) is 9.59 Å². The molecule has 0 unspecified atom stereocenters. The Bertz CT molecular complexity index is 998. The van der Waals surface area contributed by atoms with Gasteiger partial charge in [-0.25, -0.2) is 8.42 Å². The van der Waals surface area contributed by atoms with E-state index in [1.165, 1.54) is 27.6 Å². The number of amides is 2. The minimum absolute atomic E-state index is 0.109. The summed E-state index contributed by atoms with van der Waals surface area (Å²) < 4.78 is 37.2. The molecule has 1 aromatic heterocycles. The first-order chi connectivity index (χ1) is 14.4. The zero-order valence-corrected chi connectivity index (χ0v) is 17.1. The first kappa shape index (κ1) is 20.6. The Morgan fingerprint density at radius 3 is 2.53 bits per heavy atom. The lowest BCUT2D eigenvalue weighted by atomic mass is 10.1. The summed E-state index contributed by atoms with van der Waals surface area (Å²) in [5.41, 5.74) is 0.572. The molecule has 2 saturated heterocycles. The smallest absolute Gasteiger partial charge is 0.243 e. The zero-order valence-electron chi connectivity index (χ0n) is 16.3. The van der Waals surface area contributed by atoms with Gasteiger partial charge in [0, 0.05) is 31.7 Å². The van der Waals surface area contributed by atoms with E-state index < -0.39 is 15.9 Å². The van der Waals surface area contributed by atoms with Crippen LogP contribution >= 0.6 is 0 Å². The van der Waals surface area contributed by atoms with Crippen LogP contribution in [0.1, 0.15) is 12.2 Å². The summed E-state index contributed by atoms with van der Waals surface area (Å²) in [5, 5.41) is 2.78. The largest absolute Gasteiger partial charge is 0.467 e. The van der Waals surface area contributed by atoms with Crippen molar-refractivity contribution in [1.82, 2.24) is 9.62 Å². The number of benzene rings is 1. The zero-order chi connectivity index (χ0) is 21.1. The van der Waals surface area contributed by atoms with Gasteiger partial charge in [0.1, 0.15) is 5.76 Å². The molecule has 30 heavy (non-hydrogen) atoms. The standard InChI is InChI=1S/C20H23N3O6S/c24-19-12-15(20(25)21-13-17-2-1-9-29-17)14-23(19)16-3-5-18(6-4-16)30(26,27)22-7-10-28-11-8-22/h1-6,9,15H,7-8,10-14H2,(H,21,25)/t15-/m1/s1. The SMILES string of the molecule is O=C(NCc1ccco1)[C@@H]1CC(=O)N(c2ccc(S(=O)(=O)N3CCOCC3)cc2)C1. The Hall–Kier alpha value is -2.69. The molecule has 2 aliphatic heterocycles. The van der Waals surface area contributed by atoms with Crippen LogP contribution in [-0.4, -0.2) is 57.4 Å². The number of hydrogen-bond donors (Lipinski definition) is 1. The summed E-state index contributed by atoms with van der Waals surface area (Å²) in [4.78, 5) is 26.5. The average Bonchev–Trinajstić information content (AvgIpc) is 3.42.